The van der Waals surface area contributed by atoms with Crippen molar-refractivity contribution in [3.8, 4) is 5.75 Å². The molecule has 0 unspecified atom stereocenters. The van der Waals surface area contributed by atoms with Crippen molar-refractivity contribution in [3.63, 3.8) is 0 Å². The van der Waals surface area contributed by atoms with E-state index in [1.807, 2.05) is 24.3 Å². The number of aliphatic carboxylic acids is 1. The molecule has 0 radical (unpaired) electrons. The molecule has 0 spiro atoms. The first-order valence-electron chi connectivity index (χ1n) is 4.86. The minimum atomic E-state index is -0.779. The predicted octanol–water partition coefficient (Wildman–Crippen LogP) is 1.04. The van der Waals surface area contributed by atoms with Gasteiger partial charge in [-0.25, -0.2) is 0 Å². The van der Waals surface area contributed by atoms with E-state index in [9.17, 15) is 4.79 Å². The maximum atomic E-state index is 10.3. The SMILES string of the molecule is NCCOc1ccc(CCC(=O)O)cc1. The number of ether oxygens (including phenoxy) is 1. The van der Waals surface area contributed by atoms with Gasteiger partial charge in [0.25, 0.3) is 0 Å². The standard InChI is InChI=1S/C11H15NO3/c12-7-8-15-10-4-1-9(2-5-10)3-6-11(13)14/h1-2,4-5H,3,6-8,12H2,(H,13,14). The van der Waals surface area contributed by atoms with Crippen LogP contribution in [0.1, 0.15) is 12.0 Å². The number of rotatable bonds is 6. The highest BCUT2D eigenvalue weighted by Crippen LogP contribution is 2.13. The molecule has 3 N–H and O–H groups in total. The third-order valence-electron chi connectivity index (χ3n) is 1.94. The van der Waals surface area contributed by atoms with E-state index in [1.54, 1.807) is 0 Å². The molecule has 82 valence electrons. The average Bonchev–Trinajstić information content (AvgIpc) is 2.25. The Labute approximate surface area is 88.7 Å². The fraction of sp³-hybridized carbons (Fsp3) is 0.364. The van der Waals surface area contributed by atoms with E-state index in [2.05, 4.69) is 0 Å². The highest BCUT2D eigenvalue weighted by atomic mass is 16.5. The highest BCUT2D eigenvalue weighted by Gasteiger charge is 1.99. The number of carbonyl (C=O) groups is 1. The Hall–Kier alpha value is -1.55. The van der Waals surface area contributed by atoms with Crippen molar-refractivity contribution < 1.29 is 14.6 Å². The van der Waals surface area contributed by atoms with Gasteiger partial charge in [0.15, 0.2) is 0 Å². The van der Waals surface area contributed by atoms with E-state index >= 15 is 0 Å². The summed E-state index contributed by atoms with van der Waals surface area (Å²) in [7, 11) is 0. The molecule has 0 saturated heterocycles. The van der Waals surface area contributed by atoms with Gasteiger partial charge < -0.3 is 15.6 Å². The first kappa shape index (κ1) is 11.5. The van der Waals surface area contributed by atoms with E-state index in [0.717, 1.165) is 11.3 Å². The summed E-state index contributed by atoms with van der Waals surface area (Å²) in [5.41, 5.74) is 6.29. The molecular weight excluding hydrogens is 194 g/mol. The van der Waals surface area contributed by atoms with Crippen LogP contribution in [-0.4, -0.2) is 24.2 Å². The van der Waals surface area contributed by atoms with E-state index in [0.29, 0.717) is 19.6 Å². The van der Waals surface area contributed by atoms with Crippen LogP contribution >= 0.6 is 0 Å². The zero-order chi connectivity index (χ0) is 11.1. The molecule has 0 aromatic heterocycles. The summed E-state index contributed by atoms with van der Waals surface area (Å²) in [6, 6.07) is 7.39. The summed E-state index contributed by atoms with van der Waals surface area (Å²) >= 11 is 0. The molecule has 0 aliphatic rings. The van der Waals surface area contributed by atoms with Gasteiger partial charge in [-0.05, 0) is 24.1 Å². The Balaban J connectivity index is 2.45. The second-order valence-corrected chi connectivity index (χ2v) is 3.17. The van der Waals surface area contributed by atoms with Crippen LogP contribution in [0.5, 0.6) is 5.75 Å². The number of nitrogens with two attached hydrogens (primary N) is 1. The van der Waals surface area contributed by atoms with Crippen LogP contribution < -0.4 is 10.5 Å². The van der Waals surface area contributed by atoms with Crippen LogP contribution in [0.25, 0.3) is 0 Å². The Morgan fingerprint density at radius 3 is 2.53 bits per heavy atom. The van der Waals surface area contributed by atoms with Gasteiger partial charge in [-0.1, -0.05) is 12.1 Å². The van der Waals surface area contributed by atoms with Crippen LogP contribution in [-0.2, 0) is 11.2 Å². The zero-order valence-corrected chi connectivity index (χ0v) is 8.48. The topological polar surface area (TPSA) is 72.5 Å². The van der Waals surface area contributed by atoms with Gasteiger partial charge in [-0.15, -0.1) is 0 Å². The molecule has 0 saturated carbocycles. The summed E-state index contributed by atoms with van der Waals surface area (Å²) in [5, 5.41) is 8.51. The molecule has 0 bridgehead atoms. The molecule has 1 rings (SSSR count). The van der Waals surface area contributed by atoms with Crippen LogP contribution in [0.15, 0.2) is 24.3 Å². The maximum absolute atomic E-state index is 10.3. The van der Waals surface area contributed by atoms with Crippen LogP contribution in [0.3, 0.4) is 0 Å². The summed E-state index contributed by atoms with van der Waals surface area (Å²) in [6.07, 6.45) is 0.704. The molecular formula is C11H15NO3. The number of benzene rings is 1. The molecule has 0 aliphatic heterocycles. The van der Waals surface area contributed by atoms with Gasteiger partial charge >= 0.3 is 5.97 Å². The molecule has 0 heterocycles. The van der Waals surface area contributed by atoms with Crippen molar-refractivity contribution >= 4 is 5.97 Å². The molecule has 1 aromatic rings. The van der Waals surface area contributed by atoms with E-state index in [-0.39, 0.29) is 6.42 Å². The lowest BCUT2D eigenvalue weighted by Crippen LogP contribution is -2.10. The molecule has 0 atom stereocenters. The van der Waals surface area contributed by atoms with Gasteiger partial charge in [0, 0.05) is 13.0 Å². The van der Waals surface area contributed by atoms with Crippen molar-refractivity contribution in [1.82, 2.24) is 0 Å². The number of hydrogen-bond donors (Lipinski definition) is 2. The zero-order valence-electron chi connectivity index (χ0n) is 8.48. The molecule has 0 amide bonds. The third kappa shape index (κ3) is 4.46. The number of aryl methyl sites for hydroxylation is 1. The predicted molar refractivity (Wildman–Crippen MR) is 56.9 cm³/mol. The summed E-state index contributed by atoms with van der Waals surface area (Å²) < 4.78 is 5.29. The lowest BCUT2D eigenvalue weighted by molar-refractivity contribution is -0.136. The molecule has 0 fully saturated rings. The second kappa shape index (κ2) is 6.03. The highest BCUT2D eigenvalue weighted by molar-refractivity contribution is 5.67. The van der Waals surface area contributed by atoms with Crippen molar-refractivity contribution in [1.29, 1.82) is 0 Å². The molecule has 1 aromatic carbocycles. The van der Waals surface area contributed by atoms with Gasteiger partial charge in [0.1, 0.15) is 12.4 Å². The Morgan fingerprint density at radius 2 is 2.00 bits per heavy atom. The Kier molecular flexibility index (Phi) is 4.63. The quantitative estimate of drug-likeness (QED) is 0.734. The van der Waals surface area contributed by atoms with Gasteiger partial charge in [-0.2, -0.15) is 0 Å². The first-order chi connectivity index (χ1) is 7.22. The van der Waals surface area contributed by atoms with E-state index in [4.69, 9.17) is 15.6 Å². The Morgan fingerprint density at radius 1 is 1.33 bits per heavy atom. The normalized spacial score (nSPS) is 9.93. The first-order valence-corrected chi connectivity index (χ1v) is 4.86. The third-order valence-corrected chi connectivity index (χ3v) is 1.94. The van der Waals surface area contributed by atoms with E-state index < -0.39 is 5.97 Å². The molecule has 4 heteroatoms. The number of hydrogen-bond acceptors (Lipinski definition) is 3. The van der Waals surface area contributed by atoms with Crippen molar-refractivity contribution in [2.75, 3.05) is 13.2 Å². The lowest BCUT2D eigenvalue weighted by atomic mass is 10.1. The molecule has 4 nitrogen and oxygen atoms in total. The smallest absolute Gasteiger partial charge is 0.303 e. The van der Waals surface area contributed by atoms with Gasteiger partial charge in [-0.3, -0.25) is 4.79 Å². The average molecular weight is 209 g/mol. The molecule has 0 aliphatic carbocycles. The molecule has 15 heavy (non-hydrogen) atoms. The summed E-state index contributed by atoms with van der Waals surface area (Å²) in [4.78, 5) is 10.3. The second-order valence-electron chi connectivity index (χ2n) is 3.17. The number of carboxylic acid groups (broad SMARTS) is 1. The van der Waals surface area contributed by atoms with Gasteiger partial charge in [0.2, 0.25) is 0 Å². The van der Waals surface area contributed by atoms with Crippen molar-refractivity contribution in [2.24, 2.45) is 5.73 Å². The largest absolute Gasteiger partial charge is 0.492 e. The monoisotopic (exact) mass is 209 g/mol. The maximum Gasteiger partial charge on any atom is 0.303 e. The fourth-order valence-electron chi connectivity index (χ4n) is 1.18. The summed E-state index contributed by atoms with van der Waals surface area (Å²) in [5.74, 6) is -0.0158. The minimum Gasteiger partial charge on any atom is -0.492 e. The fourth-order valence-corrected chi connectivity index (χ4v) is 1.18. The lowest BCUT2D eigenvalue weighted by Gasteiger charge is -2.05. The Bertz CT molecular complexity index is 308. The number of carboxylic acids is 1. The van der Waals surface area contributed by atoms with Crippen molar-refractivity contribution in [2.45, 2.75) is 12.8 Å². The van der Waals surface area contributed by atoms with Crippen LogP contribution in [0.4, 0.5) is 0 Å². The summed E-state index contributed by atoms with van der Waals surface area (Å²) in [6.45, 7) is 0.981. The van der Waals surface area contributed by atoms with E-state index in [1.165, 1.54) is 0 Å². The van der Waals surface area contributed by atoms with Crippen LogP contribution in [0, 0.1) is 0 Å². The van der Waals surface area contributed by atoms with Crippen molar-refractivity contribution in [3.05, 3.63) is 29.8 Å². The van der Waals surface area contributed by atoms with Crippen LogP contribution in [0.2, 0.25) is 0 Å². The van der Waals surface area contributed by atoms with Gasteiger partial charge in [0.05, 0.1) is 0 Å². The minimum absolute atomic E-state index is 0.156.